The van der Waals surface area contributed by atoms with Crippen molar-refractivity contribution >= 4 is 46.7 Å². The maximum absolute atomic E-state index is 13.9. The first-order valence-corrected chi connectivity index (χ1v) is 11.4. The normalized spacial score (nSPS) is 26.0. The number of esters is 1. The van der Waals surface area contributed by atoms with Crippen LogP contribution in [-0.4, -0.2) is 24.9 Å². The molecule has 6 nitrogen and oxygen atoms in total. The number of hydrogen-bond donors (Lipinski definition) is 1. The Kier molecular flexibility index (Phi) is 5.68. The summed E-state index contributed by atoms with van der Waals surface area (Å²) >= 11 is 12.1. The first kappa shape index (κ1) is 22.6. The zero-order valence-electron chi connectivity index (χ0n) is 18.1. The Hall–Kier alpha value is -3.19. The fraction of sp³-hybridized carbons (Fsp3) is 0.192. The van der Waals surface area contributed by atoms with Crippen LogP contribution in [0.15, 0.2) is 78.9 Å². The first-order valence-electron chi connectivity index (χ1n) is 10.7. The summed E-state index contributed by atoms with van der Waals surface area (Å²) in [4.78, 5) is 42.3. The number of amides is 2. The van der Waals surface area contributed by atoms with Crippen LogP contribution in [0.3, 0.4) is 0 Å². The highest BCUT2D eigenvalue weighted by Gasteiger charge is 2.69. The number of fused-ring (bicyclic) bond motifs is 1. The van der Waals surface area contributed by atoms with E-state index in [9.17, 15) is 14.4 Å². The van der Waals surface area contributed by atoms with E-state index >= 15 is 0 Å². The number of carbonyl (C=O) groups is 3. The molecule has 8 heteroatoms. The summed E-state index contributed by atoms with van der Waals surface area (Å²) in [5.74, 6) is -3.37. The van der Waals surface area contributed by atoms with Gasteiger partial charge < -0.3 is 4.74 Å². The lowest BCUT2D eigenvalue weighted by molar-refractivity contribution is -0.152. The number of ether oxygens (including phenoxy) is 1. The van der Waals surface area contributed by atoms with Gasteiger partial charge in [-0.1, -0.05) is 65.7 Å². The Morgan fingerprint density at radius 1 is 0.882 bits per heavy atom. The van der Waals surface area contributed by atoms with Gasteiger partial charge in [-0.2, -0.15) is 0 Å². The highest BCUT2D eigenvalue weighted by Crippen LogP contribution is 2.54. The molecule has 34 heavy (non-hydrogen) atoms. The Balaban J connectivity index is 1.72. The molecule has 2 aliphatic heterocycles. The third kappa shape index (κ3) is 3.33. The van der Waals surface area contributed by atoms with Crippen molar-refractivity contribution in [3.05, 3.63) is 100 Å². The predicted octanol–water partition coefficient (Wildman–Crippen LogP) is 4.51. The molecular weight excluding hydrogens is 475 g/mol. The fourth-order valence-corrected chi connectivity index (χ4v) is 5.39. The Morgan fingerprint density at radius 2 is 1.47 bits per heavy atom. The predicted molar refractivity (Wildman–Crippen MR) is 128 cm³/mol. The first-order chi connectivity index (χ1) is 16.4. The quantitative estimate of drug-likeness (QED) is 0.426. The number of imide groups is 1. The van der Waals surface area contributed by atoms with E-state index in [2.05, 4.69) is 5.32 Å². The lowest BCUT2D eigenvalue weighted by Crippen LogP contribution is -2.53. The molecule has 2 aliphatic rings. The van der Waals surface area contributed by atoms with Gasteiger partial charge in [0.25, 0.3) is 0 Å². The maximum Gasteiger partial charge on any atom is 0.331 e. The average molecular weight is 495 g/mol. The number of rotatable bonds is 4. The fourth-order valence-electron chi connectivity index (χ4n) is 5.14. The van der Waals surface area contributed by atoms with Gasteiger partial charge in [-0.25, -0.2) is 9.69 Å². The lowest BCUT2D eigenvalue weighted by atomic mass is 9.75. The molecular formula is C26H20Cl2N2O4. The van der Waals surface area contributed by atoms with Crippen LogP contribution in [0.4, 0.5) is 5.69 Å². The van der Waals surface area contributed by atoms with Crippen molar-refractivity contribution in [3.8, 4) is 0 Å². The Bertz CT molecular complexity index is 1260. The zero-order chi connectivity index (χ0) is 24.0. The summed E-state index contributed by atoms with van der Waals surface area (Å²) in [6, 6.07) is 21.7. The lowest BCUT2D eigenvalue weighted by Gasteiger charge is -2.33. The maximum atomic E-state index is 13.9. The minimum absolute atomic E-state index is 0.397. The van der Waals surface area contributed by atoms with Crippen molar-refractivity contribution in [2.24, 2.45) is 11.8 Å². The highest BCUT2D eigenvalue weighted by atomic mass is 35.5. The van der Waals surface area contributed by atoms with E-state index in [1.807, 2.05) is 6.07 Å². The molecule has 1 N–H and O–H groups in total. The summed E-state index contributed by atoms with van der Waals surface area (Å²) in [5.41, 5.74) is 0.127. The van der Waals surface area contributed by atoms with Gasteiger partial charge in [0.1, 0.15) is 0 Å². The van der Waals surface area contributed by atoms with Crippen LogP contribution in [0.1, 0.15) is 17.2 Å². The van der Waals surface area contributed by atoms with Crippen molar-refractivity contribution in [3.63, 3.8) is 0 Å². The van der Waals surface area contributed by atoms with Gasteiger partial charge in [0.2, 0.25) is 11.8 Å². The number of benzene rings is 3. The molecule has 3 aromatic carbocycles. The number of methoxy groups -OCH3 is 1. The smallest absolute Gasteiger partial charge is 0.331 e. The van der Waals surface area contributed by atoms with E-state index in [0.29, 0.717) is 21.3 Å². The molecule has 172 valence electrons. The van der Waals surface area contributed by atoms with E-state index < -0.39 is 41.2 Å². The summed E-state index contributed by atoms with van der Waals surface area (Å²) < 4.78 is 5.22. The summed E-state index contributed by atoms with van der Waals surface area (Å²) in [5, 5.41) is 4.37. The van der Waals surface area contributed by atoms with Crippen LogP contribution in [0.25, 0.3) is 0 Å². The van der Waals surface area contributed by atoms with E-state index in [1.54, 1.807) is 72.8 Å². The second-order valence-electron chi connectivity index (χ2n) is 8.33. The number of carbonyl (C=O) groups excluding carboxylic acids is 3. The van der Waals surface area contributed by atoms with Crippen LogP contribution in [0.5, 0.6) is 0 Å². The second-order valence-corrected chi connectivity index (χ2v) is 9.20. The van der Waals surface area contributed by atoms with Crippen molar-refractivity contribution in [1.82, 2.24) is 5.32 Å². The van der Waals surface area contributed by atoms with Gasteiger partial charge in [0.15, 0.2) is 5.54 Å². The van der Waals surface area contributed by atoms with Crippen LogP contribution in [-0.2, 0) is 24.7 Å². The Labute approximate surface area is 206 Å². The number of nitrogens with zero attached hydrogens (tertiary/aromatic N) is 1. The van der Waals surface area contributed by atoms with E-state index in [1.165, 1.54) is 7.11 Å². The zero-order valence-corrected chi connectivity index (χ0v) is 19.6. The van der Waals surface area contributed by atoms with E-state index in [4.69, 9.17) is 27.9 Å². The van der Waals surface area contributed by atoms with Crippen molar-refractivity contribution in [1.29, 1.82) is 0 Å². The molecule has 0 aromatic heterocycles. The summed E-state index contributed by atoms with van der Waals surface area (Å²) in [6.07, 6.45) is 0. The summed E-state index contributed by atoms with van der Waals surface area (Å²) in [7, 11) is 1.28. The molecule has 2 amide bonds. The number of halogens is 2. The monoisotopic (exact) mass is 494 g/mol. The molecule has 2 heterocycles. The molecule has 5 rings (SSSR count). The minimum Gasteiger partial charge on any atom is -0.467 e. The molecule has 0 aliphatic carbocycles. The van der Waals surface area contributed by atoms with Gasteiger partial charge in [-0.15, -0.1) is 0 Å². The van der Waals surface area contributed by atoms with Gasteiger partial charge >= 0.3 is 5.97 Å². The topological polar surface area (TPSA) is 75.7 Å². The highest BCUT2D eigenvalue weighted by molar-refractivity contribution is 6.31. The van der Waals surface area contributed by atoms with E-state index in [0.717, 1.165) is 10.5 Å². The molecule has 2 saturated heterocycles. The molecule has 3 aromatic rings. The third-order valence-corrected chi connectivity index (χ3v) is 7.11. The Morgan fingerprint density at radius 3 is 2.06 bits per heavy atom. The van der Waals surface area contributed by atoms with Crippen molar-refractivity contribution in [2.45, 2.75) is 11.6 Å². The van der Waals surface area contributed by atoms with Gasteiger partial charge in [0.05, 0.1) is 24.6 Å². The van der Waals surface area contributed by atoms with Crippen LogP contribution < -0.4 is 10.2 Å². The summed E-state index contributed by atoms with van der Waals surface area (Å²) in [6.45, 7) is 0. The van der Waals surface area contributed by atoms with Crippen LogP contribution >= 0.6 is 23.2 Å². The number of anilines is 1. The standard InChI is InChI=1S/C26H20Cl2N2O4/c1-34-25(33)26(16-5-3-2-4-6-16)21-20(22(29-26)15-7-9-17(27)10-8-15)23(31)30(24(21)32)19-13-11-18(28)12-14-19/h2-14,20-22,29H,1H3/t20?,21?,22?,26-/m0/s1. The van der Waals surface area contributed by atoms with Crippen LogP contribution in [0.2, 0.25) is 10.0 Å². The minimum atomic E-state index is -1.56. The molecule has 0 radical (unpaired) electrons. The van der Waals surface area contributed by atoms with Gasteiger partial charge in [-0.3, -0.25) is 14.9 Å². The molecule has 0 saturated carbocycles. The molecule has 3 unspecified atom stereocenters. The SMILES string of the molecule is COC(=O)[C@@]1(c2ccccc2)NC(c2ccc(Cl)cc2)C2C(=O)N(c3ccc(Cl)cc3)C(=O)C21. The largest absolute Gasteiger partial charge is 0.467 e. The number of hydrogen-bond acceptors (Lipinski definition) is 5. The van der Waals surface area contributed by atoms with Gasteiger partial charge in [0, 0.05) is 16.1 Å². The van der Waals surface area contributed by atoms with Gasteiger partial charge in [-0.05, 0) is 47.5 Å². The van der Waals surface area contributed by atoms with E-state index in [-0.39, 0.29) is 0 Å². The molecule has 4 atom stereocenters. The average Bonchev–Trinajstić information content (AvgIpc) is 3.35. The third-order valence-electron chi connectivity index (χ3n) is 6.61. The second kappa shape index (κ2) is 8.55. The van der Waals surface area contributed by atoms with Crippen molar-refractivity contribution < 1.29 is 19.1 Å². The van der Waals surface area contributed by atoms with Crippen molar-refractivity contribution in [2.75, 3.05) is 12.0 Å². The molecule has 2 fully saturated rings. The number of nitrogens with one attached hydrogen (secondary N) is 1. The molecule has 0 spiro atoms. The van der Waals surface area contributed by atoms with Crippen LogP contribution in [0, 0.1) is 11.8 Å². The molecule has 0 bridgehead atoms.